The molecule has 6 heteroatoms. The third-order valence-electron chi connectivity index (χ3n) is 2.09. The zero-order chi connectivity index (χ0) is 14.8. The van der Waals surface area contributed by atoms with Crippen LogP contribution in [0.2, 0.25) is 0 Å². The van der Waals surface area contributed by atoms with Crippen LogP contribution in [0.5, 0.6) is 0 Å². The predicted octanol–water partition coefficient (Wildman–Crippen LogP) is 1.05. The second-order valence-electron chi connectivity index (χ2n) is 3.88. The van der Waals surface area contributed by atoms with Gasteiger partial charge in [-0.3, -0.25) is 4.79 Å². The van der Waals surface area contributed by atoms with Crippen LogP contribution in [-0.2, 0) is 14.3 Å². The summed E-state index contributed by atoms with van der Waals surface area (Å²) in [6.45, 7) is 3.84. The lowest BCUT2D eigenvalue weighted by Crippen LogP contribution is -2.09. The second-order valence-corrected chi connectivity index (χ2v) is 3.88. The molecule has 0 saturated heterocycles. The number of aliphatic hydroxyl groups excluding tert-OH is 2. The smallest absolute Gasteiger partial charge is 0.303 e. The Labute approximate surface area is 115 Å². The monoisotopic (exact) mass is 280 g/mol. The van der Waals surface area contributed by atoms with Gasteiger partial charge in [0.05, 0.1) is 39.6 Å². The van der Waals surface area contributed by atoms with E-state index in [1.165, 1.54) is 6.42 Å². The Morgan fingerprint density at radius 3 is 1.79 bits per heavy atom. The molecular weight excluding hydrogens is 252 g/mol. The molecular formula is C13H28O6. The number of ether oxygens (including phenoxy) is 2. The Morgan fingerprint density at radius 2 is 1.42 bits per heavy atom. The van der Waals surface area contributed by atoms with Crippen molar-refractivity contribution in [2.24, 2.45) is 0 Å². The van der Waals surface area contributed by atoms with Crippen molar-refractivity contribution in [3.8, 4) is 0 Å². The SMILES string of the molecule is CCCCCCC(=O)O.OCCOCCOCCO. The number of carbonyl (C=O) groups is 1. The molecule has 6 nitrogen and oxygen atoms in total. The van der Waals surface area contributed by atoms with E-state index in [0.29, 0.717) is 32.8 Å². The molecule has 0 rings (SSSR count). The van der Waals surface area contributed by atoms with Gasteiger partial charge in [-0.1, -0.05) is 26.2 Å². The van der Waals surface area contributed by atoms with Crippen molar-refractivity contribution in [3.63, 3.8) is 0 Å². The minimum Gasteiger partial charge on any atom is -0.481 e. The second kappa shape index (κ2) is 19.6. The van der Waals surface area contributed by atoms with Gasteiger partial charge < -0.3 is 24.8 Å². The number of unbranched alkanes of at least 4 members (excludes halogenated alkanes) is 3. The largest absolute Gasteiger partial charge is 0.481 e. The van der Waals surface area contributed by atoms with Gasteiger partial charge in [-0.15, -0.1) is 0 Å². The van der Waals surface area contributed by atoms with Crippen LogP contribution in [0.15, 0.2) is 0 Å². The Bertz CT molecular complexity index is 167. The minimum atomic E-state index is -0.675. The molecule has 0 radical (unpaired) electrons. The van der Waals surface area contributed by atoms with Gasteiger partial charge in [0.25, 0.3) is 0 Å². The Kier molecular flexibility index (Phi) is 21.3. The van der Waals surface area contributed by atoms with Crippen molar-refractivity contribution >= 4 is 5.97 Å². The molecule has 0 atom stereocenters. The van der Waals surface area contributed by atoms with Crippen molar-refractivity contribution in [2.75, 3.05) is 39.6 Å². The number of carboxylic acids is 1. The highest BCUT2D eigenvalue weighted by molar-refractivity contribution is 5.66. The van der Waals surface area contributed by atoms with Crippen molar-refractivity contribution in [1.29, 1.82) is 0 Å². The molecule has 0 aromatic rings. The molecule has 0 aromatic heterocycles. The molecule has 0 saturated carbocycles. The van der Waals surface area contributed by atoms with Crippen LogP contribution in [0.3, 0.4) is 0 Å². The molecule has 0 unspecified atom stereocenters. The first-order valence-electron chi connectivity index (χ1n) is 6.78. The molecule has 0 fully saturated rings. The first-order valence-corrected chi connectivity index (χ1v) is 6.78. The van der Waals surface area contributed by atoms with Crippen molar-refractivity contribution < 1.29 is 29.6 Å². The van der Waals surface area contributed by atoms with Gasteiger partial charge in [0.15, 0.2) is 0 Å². The topological polar surface area (TPSA) is 96.2 Å². The number of carboxylic acid groups (broad SMARTS) is 1. The van der Waals surface area contributed by atoms with Gasteiger partial charge in [-0.05, 0) is 6.42 Å². The van der Waals surface area contributed by atoms with Crippen LogP contribution in [0.25, 0.3) is 0 Å². The van der Waals surface area contributed by atoms with E-state index in [4.69, 9.17) is 24.8 Å². The molecule has 0 bridgehead atoms. The van der Waals surface area contributed by atoms with Gasteiger partial charge in [0.2, 0.25) is 0 Å². The molecule has 0 aliphatic carbocycles. The lowest BCUT2D eigenvalue weighted by Gasteiger charge is -2.01. The number of hydrogen-bond donors (Lipinski definition) is 3. The van der Waals surface area contributed by atoms with Crippen LogP contribution in [0.4, 0.5) is 0 Å². The van der Waals surface area contributed by atoms with Crippen molar-refractivity contribution in [1.82, 2.24) is 0 Å². The highest BCUT2D eigenvalue weighted by atomic mass is 16.5. The lowest BCUT2D eigenvalue weighted by atomic mass is 10.2. The standard InChI is InChI=1S/C7H14O2.C6H14O4/c1-2-3-4-5-6-7(8)9;7-1-3-9-5-6-10-4-2-8/h2-6H2,1H3,(H,8,9);7-8H,1-6H2. The molecule has 0 amide bonds. The average molecular weight is 280 g/mol. The summed E-state index contributed by atoms with van der Waals surface area (Å²) in [6.07, 6.45) is 4.55. The summed E-state index contributed by atoms with van der Waals surface area (Å²) in [5.41, 5.74) is 0. The van der Waals surface area contributed by atoms with Crippen LogP contribution >= 0.6 is 0 Å². The summed E-state index contributed by atoms with van der Waals surface area (Å²) in [5, 5.41) is 24.7. The minimum absolute atomic E-state index is 0.0417. The lowest BCUT2D eigenvalue weighted by molar-refractivity contribution is -0.137. The fourth-order valence-electron chi connectivity index (χ4n) is 1.15. The number of hydrogen-bond acceptors (Lipinski definition) is 5. The fourth-order valence-corrected chi connectivity index (χ4v) is 1.15. The summed E-state index contributed by atoms with van der Waals surface area (Å²) < 4.78 is 9.75. The number of rotatable bonds is 12. The van der Waals surface area contributed by atoms with E-state index in [9.17, 15) is 4.79 Å². The van der Waals surface area contributed by atoms with E-state index in [1.807, 2.05) is 0 Å². The Morgan fingerprint density at radius 1 is 0.895 bits per heavy atom. The third-order valence-corrected chi connectivity index (χ3v) is 2.09. The van der Waals surface area contributed by atoms with Crippen molar-refractivity contribution in [3.05, 3.63) is 0 Å². The van der Waals surface area contributed by atoms with E-state index in [1.54, 1.807) is 0 Å². The highest BCUT2D eigenvalue weighted by Gasteiger charge is 1.94. The molecule has 0 heterocycles. The maximum absolute atomic E-state index is 9.96. The van der Waals surface area contributed by atoms with Gasteiger partial charge >= 0.3 is 5.97 Å². The van der Waals surface area contributed by atoms with Crippen LogP contribution < -0.4 is 0 Å². The van der Waals surface area contributed by atoms with Crippen molar-refractivity contribution in [2.45, 2.75) is 39.0 Å². The zero-order valence-electron chi connectivity index (χ0n) is 11.8. The van der Waals surface area contributed by atoms with Crippen LogP contribution in [0, 0.1) is 0 Å². The third kappa shape index (κ3) is 26.8. The molecule has 0 aromatic carbocycles. The summed E-state index contributed by atoms with van der Waals surface area (Å²) in [4.78, 5) is 9.96. The summed E-state index contributed by atoms with van der Waals surface area (Å²) in [5.74, 6) is -0.675. The Balaban J connectivity index is 0. The summed E-state index contributed by atoms with van der Waals surface area (Å²) >= 11 is 0. The van der Waals surface area contributed by atoms with E-state index in [2.05, 4.69) is 6.92 Å². The summed E-state index contributed by atoms with van der Waals surface area (Å²) in [6, 6.07) is 0. The molecule has 0 spiro atoms. The average Bonchev–Trinajstić information content (AvgIpc) is 2.39. The number of aliphatic carboxylic acids is 1. The molecule has 19 heavy (non-hydrogen) atoms. The first-order chi connectivity index (χ1) is 9.18. The maximum atomic E-state index is 9.96. The molecule has 0 aliphatic rings. The first kappa shape index (κ1) is 20.6. The predicted molar refractivity (Wildman–Crippen MR) is 72.2 cm³/mol. The summed E-state index contributed by atoms with van der Waals surface area (Å²) in [7, 11) is 0. The normalized spacial score (nSPS) is 9.84. The van der Waals surface area contributed by atoms with Gasteiger partial charge in [0.1, 0.15) is 0 Å². The van der Waals surface area contributed by atoms with Gasteiger partial charge in [-0.25, -0.2) is 0 Å². The molecule has 3 N–H and O–H groups in total. The van der Waals surface area contributed by atoms with Gasteiger partial charge in [0, 0.05) is 6.42 Å². The zero-order valence-corrected chi connectivity index (χ0v) is 11.8. The van der Waals surface area contributed by atoms with Crippen LogP contribution in [0.1, 0.15) is 39.0 Å². The van der Waals surface area contributed by atoms with E-state index < -0.39 is 5.97 Å². The quantitative estimate of drug-likeness (QED) is 0.462. The highest BCUT2D eigenvalue weighted by Crippen LogP contribution is 2.01. The maximum Gasteiger partial charge on any atom is 0.303 e. The van der Waals surface area contributed by atoms with E-state index >= 15 is 0 Å². The van der Waals surface area contributed by atoms with Crippen LogP contribution in [-0.4, -0.2) is 60.9 Å². The van der Waals surface area contributed by atoms with Gasteiger partial charge in [-0.2, -0.15) is 0 Å². The fraction of sp³-hybridized carbons (Fsp3) is 0.923. The van der Waals surface area contributed by atoms with E-state index in [0.717, 1.165) is 19.3 Å². The molecule has 116 valence electrons. The molecule has 0 aliphatic heterocycles. The Hall–Kier alpha value is -0.690. The van der Waals surface area contributed by atoms with E-state index in [-0.39, 0.29) is 13.2 Å². The number of aliphatic hydroxyl groups is 2.